The van der Waals surface area contributed by atoms with Crippen LogP contribution in [0, 0.1) is 0 Å². The van der Waals surface area contributed by atoms with Crippen molar-refractivity contribution in [2.45, 2.75) is 6.92 Å². The predicted molar refractivity (Wildman–Crippen MR) is 68.7 cm³/mol. The molecule has 0 aliphatic rings. The summed E-state index contributed by atoms with van der Waals surface area (Å²) < 4.78 is 10.2. The molecule has 0 unspecified atom stereocenters. The van der Waals surface area contributed by atoms with Crippen LogP contribution in [0.25, 0.3) is 0 Å². The molecule has 0 aliphatic carbocycles. The van der Waals surface area contributed by atoms with Gasteiger partial charge in [-0.2, -0.15) is 0 Å². The van der Waals surface area contributed by atoms with E-state index in [9.17, 15) is 9.90 Å². The van der Waals surface area contributed by atoms with Crippen molar-refractivity contribution < 1.29 is 29.0 Å². The van der Waals surface area contributed by atoms with Crippen molar-refractivity contribution in [2.75, 3.05) is 47.0 Å². The predicted octanol–water partition coefficient (Wildman–Crippen LogP) is -0.607. The van der Waals surface area contributed by atoms with Crippen LogP contribution in [-0.2, 0) is 14.3 Å². The first kappa shape index (κ1) is 17.5. The highest BCUT2D eigenvalue weighted by atomic mass is 16.6. The van der Waals surface area contributed by atoms with E-state index in [2.05, 4.69) is 6.58 Å². The van der Waals surface area contributed by atoms with E-state index in [1.54, 1.807) is 6.92 Å². The molecule has 0 bridgehead atoms. The molecule has 0 saturated carbocycles. The van der Waals surface area contributed by atoms with Crippen LogP contribution in [0.1, 0.15) is 6.92 Å². The number of hydrogen-bond acceptors (Lipinski definition) is 5. The Hall–Kier alpha value is -1.53. The van der Waals surface area contributed by atoms with Gasteiger partial charge in [-0.05, 0) is 13.0 Å². The number of carbonyl (C=O) groups is 1. The molecule has 19 heavy (non-hydrogen) atoms. The monoisotopic (exact) mass is 273 g/mol. The normalized spacial score (nSPS) is 12.1. The van der Waals surface area contributed by atoms with Crippen LogP contribution in [-0.4, -0.2) is 62.6 Å². The molecule has 0 radical (unpaired) electrons. The van der Waals surface area contributed by atoms with Gasteiger partial charge >= 0.3 is 5.97 Å². The van der Waals surface area contributed by atoms with Crippen LogP contribution in [0.2, 0.25) is 0 Å². The van der Waals surface area contributed by atoms with Crippen LogP contribution in [0.3, 0.4) is 0 Å². The number of ether oxygens (including phenoxy) is 2. The zero-order valence-corrected chi connectivity index (χ0v) is 11.8. The Kier molecular flexibility index (Phi) is 7.86. The Labute approximate surface area is 114 Å². The second-order valence-corrected chi connectivity index (χ2v) is 4.85. The van der Waals surface area contributed by atoms with E-state index in [-0.39, 0.29) is 19.8 Å². The Morgan fingerprint density at radius 1 is 1.37 bits per heavy atom. The van der Waals surface area contributed by atoms with Crippen molar-refractivity contribution in [2.24, 2.45) is 0 Å². The lowest BCUT2D eigenvalue weighted by Crippen LogP contribution is -2.43. The zero-order chi connectivity index (χ0) is 14.9. The Bertz CT molecular complexity index is 336. The summed E-state index contributed by atoms with van der Waals surface area (Å²) in [6.07, 6.45) is 1.41. The number of aliphatic hydroxyl groups is 1. The lowest BCUT2D eigenvalue weighted by molar-refractivity contribution is -0.884. The minimum Gasteiger partial charge on any atom is -0.611 e. The summed E-state index contributed by atoms with van der Waals surface area (Å²) in [5.74, 6) is -0.870. The maximum Gasteiger partial charge on any atom is 0.333 e. The highest BCUT2D eigenvalue weighted by Crippen LogP contribution is 2.00. The van der Waals surface area contributed by atoms with Crippen molar-refractivity contribution in [3.63, 3.8) is 0 Å². The number of hydrogen-bond donors (Lipinski definition) is 1. The van der Waals surface area contributed by atoms with Gasteiger partial charge < -0.3 is 24.2 Å². The first-order valence-corrected chi connectivity index (χ1v) is 6.04. The number of esters is 1. The highest BCUT2D eigenvalue weighted by molar-refractivity contribution is 5.86. The van der Waals surface area contributed by atoms with Gasteiger partial charge in [0.15, 0.2) is 0 Å². The first-order chi connectivity index (χ1) is 8.78. The molecule has 1 N–H and O–H groups in total. The fraction of sp³-hybridized carbons (Fsp3) is 0.615. The van der Waals surface area contributed by atoms with E-state index in [1.807, 2.05) is 14.1 Å². The van der Waals surface area contributed by atoms with Crippen LogP contribution >= 0.6 is 0 Å². The van der Waals surface area contributed by atoms with Crippen molar-refractivity contribution in [3.8, 4) is 0 Å². The van der Waals surface area contributed by atoms with E-state index >= 15 is 0 Å². The minimum atomic E-state index is -0.459. The second-order valence-electron chi connectivity index (χ2n) is 4.85. The third kappa shape index (κ3) is 9.10. The van der Waals surface area contributed by atoms with Gasteiger partial charge in [-0.25, -0.2) is 4.79 Å². The molecule has 6 nitrogen and oxygen atoms in total. The van der Waals surface area contributed by atoms with E-state index in [0.29, 0.717) is 23.1 Å². The summed E-state index contributed by atoms with van der Waals surface area (Å²) in [5.41, 5.74) is 0.365. The van der Waals surface area contributed by atoms with Gasteiger partial charge in [0.1, 0.15) is 13.2 Å². The molecule has 0 amide bonds. The Morgan fingerprint density at radius 2 is 2.00 bits per heavy atom. The summed E-state index contributed by atoms with van der Waals surface area (Å²) in [5, 5.41) is 19.7. The Balaban J connectivity index is 4.04. The average Bonchev–Trinajstić information content (AvgIpc) is 2.33. The number of aliphatic hydroxyl groups excluding tert-OH is 1. The molecule has 0 spiro atoms. The van der Waals surface area contributed by atoms with Gasteiger partial charge in [0.25, 0.3) is 0 Å². The summed E-state index contributed by atoms with van der Waals surface area (Å²) in [6.45, 7) is 6.18. The van der Waals surface area contributed by atoms with Crippen molar-refractivity contribution in [3.05, 3.63) is 24.2 Å². The Morgan fingerprint density at radius 3 is 2.53 bits per heavy atom. The van der Waals surface area contributed by atoms with Gasteiger partial charge in [-0.1, -0.05) is 6.58 Å². The molecule has 0 aromatic carbocycles. The zero-order valence-electron chi connectivity index (χ0n) is 11.8. The van der Waals surface area contributed by atoms with Crippen LogP contribution in [0.4, 0.5) is 0 Å². The third-order valence-corrected chi connectivity index (χ3v) is 2.37. The fourth-order valence-corrected chi connectivity index (χ4v) is 1.13. The molecule has 0 rings (SSSR count). The molecule has 0 aromatic rings. The molecule has 0 aliphatic heterocycles. The molecular formula is C13H23NO5. The maximum atomic E-state index is 11.2. The van der Waals surface area contributed by atoms with Gasteiger partial charge in [-0.15, -0.1) is 0 Å². The SMILES string of the molecule is C=C(C)C(=O)OCC[N+](C)(C)C/C=C(\[O-])OCCO. The van der Waals surface area contributed by atoms with Crippen LogP contribution < -0.4 is 5.11 Å². The number of likely N-dealkylation sites (N-methyl/N-ethyl adjacent to an activating group) is 1. The number of nitrogens with zero attached hydrogens (tertiary/aromatic N) is 1. The summed E-state index contributed by atoms with van der Waals surface area (Å²) in [7, 11) is 3.81. The number of carbonyl (C=O) groups excluding carboxylic acids is 1. The topological polar surface area (TPSA) is 78.8 Å². The standard InChI is InChI=1S/C13H23NO5/c1-11(2)13(17)19-9-7-14(3,4)6-5-12(16)18-10-8-15/h5,15H,1,6-10H2,2-4H3/b12-5+. The third-order valence-electron chi connectivity index (χ3n) is 2.37. The van der Waals surface area contributed by atoms with Crippen molar-refractivity contribution in [1.82, 2.24) is 0 Å². The lowest BCUT2D eigenvalue weighted by Gasteiger charge is -2.29. The quantitative estimate of drug-likeness (QED) is 0.262. The smallest absolute Gasteiger partial charge is 0.333 e. The fourth-order valence-electron chi connectivity index (χ4n) is 1.13. The number of rotatable bonds is 9. The maximum absolute atomic E-state index is 11.2. The molecule has 0 atom stereocenters. The molecular weight excluding hydrogens is 250 g/mol. The molecule has 0 saturated heterocycles. The molecule has 6 heteroatoms. The number of quaternary nitrogens is 1. The van der Waals surface area contributed by atoms with Crippen molar-refractivity contribution >= 4 is 5.97 Å². The molecule has 0 fully saturated rings. The first-order valence-electron chi connectivity index (χ1n) is 6.04. The van der Waals surface area contributed by atoms with Gasteiger partial charge in [0.05, 0.1) is 33.2 Å². The highest BCUT2D eigenvalue weighted by Gasteiger charge is 2.14. The second kappa shape index (κ2) is 8.55. The average molecular weight is 273 g/mol. The minimum absolute atomic E-state index is 0.00101. The van der Waals surface area contributed by atoms with Gasteiger partial charge in [0, 0.05) is 12.2 Å². The van der Waals surface area contributed by atoms with E-state index < -0.39 is 11.9 Å². The van der Waals surface area contributed by atoms with Gasteiger partial charge in [0.2, 0.25) is 0 Å². The summed E-state index contributed by atoms with van der Waals surface area (Å²) >= 11 is 0. The summed E-state index contributed by atoms with van der Waals surface area (Å²) in [6, 6.07) is 0. The largest absolute Gasteiger partial charge is 0.611 e. The van der Waals surface area contributed by atoms with E-state index in [1.165, 1.54) is 6.08 Å². The van der Waals surface area contributed by atoms with Crippen LogP contribution in [0.15, 0.2) is 24.2 Å². The molecule has 0 heterocycles. The molecule has 110 valence electrons. The van der Waals surface area contributed by atoms with Crippen LogP contribution in [0.5, 0.6) is 0 Å². The van der Waals surface area contributed by atoms with E-state index in [0.717, 1.165) is 0 Å². The van der Waals surface area contributed by atoms with Gasteiger partial charge in [-0.3, -0.25) is 0 Å². The summed E-state index contributed by atoms with van der Waals surface area (Å²) in [4.78, 5) is 11.2. The van der Waals surface area contributed by atoms with E-state index in [4.69, 9.17) is 14.6 Å². The molecule has 0 aromatic heterocycles. The lowest BCUT2D eigenvalue weighted by atomic mass is 10.3. The van der Waals surface area contributed by atoms with Crippen molar-refractivity contribution in [1.29, 1.82) is 0 Å².